The molecule has 3 N–H and O–H groups in total. The second-order valence-corrected chi connectivity index (χ2v) is 7.59. The minimum Gasteiger partial charge on any atom is -0.370 e. The SMILES string of the molecule is CCN1CCCC1CNC(N)=NCC1(C)OCCc2sccc21. The lowest BCUT2D eigenvalue weighted by Gasteiger charge is -2.33. The van der Waals surface area contributed by atoms with E-state index in [0.29, 0.717) is 18.5 Å². The number of rotatable bonds is 5. The third-order valence-electron chi connectivity index (χ3n) is 5.04. The monoisotopic (exact) mass is 336 g/mol. The van der Waals surface area contributed by atoms with Crippen molar-refractivity contribution in [2.75, 3.05) is 32.8 Å². The van der Waals surface area contributed by atoms with Gasteiger partial charge in [0, 0.05) is 23.9 Å². The minimum absolute atomic E-state index is 0.345. The molecule has 2 aliphatic rings. The highest BCUT2D eigenvalue weighted by atomic mass is 32.1. The van der Waals surface area contributed by atoms with E-state index < -0.39 is 0 Å². The molecular formula is C17H28N4OS. The summed E-state index contributed by atoms with van der Waals surface area (Å²) in [6, 6.07) is 2.74. The molecule has 1 aromatic rings. The molecule has 0 saturated carbocycles. The summed E-state index contributed by atoms with van der Waals surface area (Å²) in [5.74, 6) is 0.528. The van der Waals surface area contributed by atoms with Crippen LogP contribution in [0.4, 0.5) is 0 Å². The van der Waals surface area contributed by atoms with Crippen molar-refractivity contribution in [3.63, 3.8) is 0 Å². The largest absolute Gasteiger partial charge is 0.370 e. The number of aliphatic imine (C=N–C) groups is 1. The number of likely N-dealkylation sites (tertiary alicyclic amines) is 1. The average Bonchev–Trinajstić information content (AvgIpc) is 3.20. The van der Waals surface area contributed by atoms with Crippen LogP contribution in [0.25, 0.3) is 0 Å². The van der Waals surface area contributed by atoms with Crippen molar-refractivity contribution >= 4 is 17.3 Å². The van der Waals surface area contributed by atoms with Gasteiger partial charge in [-0.15, -0.1) is 11.3 Å². The lowest BCUT2D eigenvalue weighted by molar-refractivity contribution is -0.0375. The molecule has 0 aliphatic carbocycles. The summed E-state index contributed by atoms with van der Waals surface area (Å²) in [5, 5.41) is 5.44. The highest BCUT2D eigenvalue weighted by molar-refractivity contribution is 7.10. The maximum Gasteiger partial charge on any atom is 0.188 e. The second kappa shape index (κ2) is 7.20. The zero-order valence-electron chi connectivity index (χ0n) is 14.2. The van der Waals surface area contributed by atoms with Gasteiger partial charge in [0.15, 0.2) is 5.96 Å². The Kier molecular flexibility index (Phi) is 5.24. The van der Waals surface area contributed by atoms with Crippen molar-refractivity contribution in [2.24, 2.45) is 10.7 Å². The normalized spacial score (nSPS) is 28.8. The predicted octanol–water partition coefficient (Wildman–Crippen LogP) is 1.92. The highest BCUT2D eigenvalue weighted by Gasteiger charge is 2.34. The van der Waals surface area contributed by atoms with Gasteiger partial charge < -0.3 is 15.8 Å². The first kappa shape index (κ1) is 16.7. The Bertz CT molecular complexity index is 559. The van der Waals surface area contributed by atoms with E-state index in [-0.39, 0.29) is 5.60 Å². The molecule has 0 spiro atoms. The van der Waals surface area contributed by atoms with Crippen LogP contribution in [-0.2, 0) is 16.8 Å². The summed E-state index contributed by atoms with van der Waals surface area (Å²) in [6.07, 6.45) is 3.53. The summed E-state index contributed by atoms with van der Waals surface area (Å²) < 4.78 is 6.02. The van der Waals surface area contributed by atoms with Crippen LogP contribution in [0.2, 0.25) is 0 Å². The van der Waals surface area contributed by atoms with E-state index in [9.17, 15) is 0 Å². The molecule has 0 radical (unpaired) electrons. The van der Waals surface area contributed by atoms with Crippen LogP contribution in [-0.4, -0.2) is 49.7 Å². The predicted molar refractivity (Wildman–Crippen MR) is 96.1 cm³/mol. The van der Waals surface area contributed by atoms with Crippen molar-refractivity contribution in [1.29, 1.82) is 0 Å². The van der Waals surface area contributed by atoms with E-state index in [1.807, 2.05) is 11.3 Å². The standard InChI is InChI=1S/C17H28N4OS/c1-3-21-8-4-5-13(21)11-19-16(18)20-12-17(2)14-7-10-23-15(14)6-9-22-17/h7,10,13H,3-6,8-9,11-12H2,1-2H3,(H3,18,19,20). The number of hydrogen-bond acceptors (Lipinski definition) is 4. The maximum absolute atomic E-state index is 6.08. The smallest absolute Gasteiger partial charge is 0.188 e. The van der Waals surface area contributed by atoms with Gasteiger partial charge in [-0.3, -0.25) is 9.89 Å². The molecular weight excluding hydrogens is 308 g/mol. The summed E-state index contributed by atoms with van der Waals surface area (Å²) in [5.41, 5.74) is 7.01. The van der Waals surface area contributed by atoms with Crippen molar-refractivity contribution < 1.29 is 4.74 Å². The van der Waals surface area contributed by atoms with Crippen LogP contribution in [0.15, 0.2) is 16.4 Å². The Morgan fingerprint density at radius 2 is 2.48 bits per heavy atom. The summed E-state index contributed by atoms with van der Waals surface area (Å²) in [6.45, 7) is 8.85. The van der Waals surface area contributed by atoms with Crippen molar-refractivity contribution in [2.45, 2.75) is 44.8 Å². The number of hydrogen-bond donors (Lipinski definition) is 2. The quantitative estimate of drug-likeness (QED) is 0.637. The molecule has 128 valence electrons. The maximum atomic E-state index is 6.08. The van der Waals surface area contributed by atoms with Crippen LogP contribution < -0.4 is 11.1 Å². The average molecular weight is 337 g/mol. The molecule has 5 nitrogen and oxygen atoms in total. The highest BCUT2D eigenvalue weighted by Crippen LogP contribution is 2.36. The molecule has 1 aromatic heterocycles. The first-order valence-corrected chi connectivity index (χ1v) is 9.49. The van der Waals surface area contributed by atoms with E-state index in [1.54, 1.807) is 0 Å². The number of fused-ring (bicyclic) bond motifs is 1. The molecule has 1 saturated heterocycles. The topological polar surface area (TPSA) is 62.9 Å². The van der Waals surface area contributed by atoms with Gasteiger partial charge in [0.25, 0.3) is 0 Å². The molecule has 2 aliphatic heterocycles. The number of likely N-dealkylation sites (N-methyl/N-ethyl adjacent to an activating group) is 1. The zero-order chi connectivity index (χ0) is 16.3. The third-order valence-corrected chi connectivity index (χ3v) is 6.02. The van der Waals surface area contributed by atoms with E-state index in [0.717, 1.165) is 26.1 Å². The third kappa shape index (κ3) is 3.70. The molecule has 2 atom stereocenters. The number of nitrogens with two attached hydrogens (primary N) is 1. The van der Waals surface area contributed by atoms with Crippen LogP contribution in [0.1, 0.15) is 37.1 Å². The fourth-order valence-electron chi connectivity index (χ4n) is 3.64. The summed E-state index contributed by atoms with van der Waals surface area (Å²) in [4.78, 5) is 8.48. The van der Waals surface area contributed by atoms with Gasteiger partial charge in [0.2, 0.25) is 0 Å². The molecule has 0 aromatic carbocycles. The van der Waals surface area contributed by atoms with Crippen LogP contribution in [0.3, 0.4) is 0 Å². The first-order valence-electron chi connectivity index (χ1n) is 8.61. The van der Waals surface area contributed by atoms with Crippen molar-refractivity contribution in [3.8, 4) is 0 Å². The Morgan fingerprint density at radius 1 is 1.61 bits per heavy atom. The molecule has 0 amide bonds. The number of ether oxygens (including phenoxy) is 1. The molecule has 3 rings (SSSR count). The van der Waals surface area contributed by atoms with Gasteiger partial charge in [-0.2, -0.15) is 0 Å². The lowest BCUT2D eigenvalue weighted by atomic mass is 9.93. The van der Waals surface area contributed by atoms with Crippen LogP contribution in [0, 0.1) is 0 Å². The number of nitrogens with one attached hydrogen (secondary N) is 1. The Morgan fingerprint density at radius 3 is 3.30 bits per heavy atom. The second-order valence-electron chi connectivity index (χ2n) is 6.59. The van der Waals surface area contributed by atoms with E-state index in [1.165, 1.54) is 29.8 Å². The summed E-state index contributed by atoms with van der Waals surface area (Å²) in [7, 11) is 0. The van der Waals surface area contributed by atoms with Gasteiger partial charge in [-0.25, -0.2) is 0 Å². The Hall–Kier alpha value is -1.11. The van der Waals surface area contributed by atoms with Crippen molar-refractivity contribution in [1.82, 2.24) is 10.2 Å². The van der Waals surface area contributed by atoms with Gasteiger partial charge in [0.05, 0.1) is 13.2 Å². The first-order chi connectivity index (χ1) is 11.1. The number of guanidine groups is 1. The van der Waals surface area contributed by atoms with Crippen LogP contribution in [0.5, 0.6) is 0 Å². The summed E-state index contributed by atoms with van der Waals surface area (Å²) >= 11 is 1.81. The van der Waals surface area contributed by atoms with Crippen LogP contribution >= 0.6 is 11.3 Å². The molecule has 1 fully saturated rings. The molecule has 6 heteroatoms. The molecule has 23 heavy (non-hydrogen) atoms. The van der Waals surface area contributed by atoms with Gasteiger partial charge in [0.1, 0.15) is 5.60 Å². The van der Waals surface area contributed by atoms with E-state index >= 15 is 0 Å². The van der Waals surface area contributed by atoms with Crippen molar-refractivity contribution in [3.05, 3.63) is 21.9 Å². The lowest BCUT2D eigenvalue weighted by Crippen LogP contribution is -2.43. The molecule has 2 unspecified atom stereocenters. The Labute approximate surface area is 142 Å². The number of nitrogens with zero attached hydrogens (tertiary/aromatic N) is 2. The fourth-order valence-corrected chi connectivity index (χ4v) is 4.62. The zero-order valence-corrected chi connectivity index (χ0v) is 15.0. The van der Waals surface area contributed by atoms with E-state index in [4.69, 9.17) is 10.5 Å². The van der Waals surface area contributed by atoms with Gasteiger partial charge in [-0.05, 0) is 49.9 Å². The van der Waals surface area contributed by atoms with Gasteiger partial charge in [-0.1, -0.05) is 6.92 Å². The Balaban J connectivity index is 1.56. The minimum atomic E-state index is -0.345. The molecule has 3 heterocycles. The van der Waals surface area contributed by atoms with Gasteiger partial charge >= 0.3 is 0 Å². The molecule has 0 bridgehead atoms. The van der Waals surface area contributed by atoms with E-state index in [2.05, 4.69) is 40.5 Å². The number of thiophene rings is 1. The fraction of sp³-hybridized carbons (Fsp3) is 0.706.